The summed E-state index contributed by atoms with van der Waals surface area (Å²) < 4.78 is 24.0. The van der Waals surface area contributed by atoms with E-state index < -0.39 is 48.4 Å². The number of rotatable bonds is 40. The number of aliphatic hydroxyl groups is 1. The van der Waals surface area contributed by atoms with Crippen LogP contribution < -0.4 is 5.73 Å². The zero-order valence-electron chi connectivity index (χ0n) is 39.9. The average molecular weight is 918 g/mol. The summed E-state index contributed by atoms with van der Waals surface area (Å²) in [6.45, 7) is 3.61. The van der Waals surface area contributed by atoms with E-state index in [4.69, 9.17) is 34.5 Å². The number of nitrogens with two attached hydrogens (primary N) is 1. The first kappa shape index (κ1) is 55.4. The molecule has 1 fully saturated rings. The summed E-state index contributed by atoms with van der Waals surface area (Å²) in [6, 6.07) is 0. The molecule has 65 heavy (non-hydrogen) atoms. The number of ether oxygens (including phenoxy) is 4. The Morgan fingerprint density at radius 3 is 1.62 bits per heavy atom. The normalized spacial score (nSPS) is 16.4. The Kier molecular flexibility index (Phi) is 30.1. The minimum Gasteiger partial charge on any atom is -0.462 e. The molecule has 0 aliphatic carbocycles. The van der Waals surface area contributed by atoms with E-state index in [-0.39, 0.29) is 57.7 Å². The number of carbonyl (C=O) groups excluding carboxylic acids is 4. The largest absolute Gasteiger partial charge is 0.462 e. The number of imidazole rings is 1. The number of esters is 3. The lowest BCUT2D eigenvalue weighted by molar-refractivity contribution is -0.309. The molecule has 3 N–H and O–H groups in total. The van der Waals surface area contributed by atoms with Crippen LogP contribution in [-0.4, -0.2) is 86.6 Å². The van der Waals surface area contributed by atoms with Crippen molar-refractivity contribution in [3.63, 3.8) is 0 Å². The standard InChI is InChI=1S/C49H83N5O11/c1-3-5-7-9-11-13-15-17-19-21-23-25-27-29-42(56)60-35-40(62-44(58)30-28-26-24-22-20-18-16-14-12-10-8-6-4-2)36-61-43(57)31-32-45(59)65-64-41-33-39(34-55)63-49(41)54-38-53-46-47(50)51-37-52-48(46)54/h37-41,49,55H,3-36H2,1-2H3,(H2,50,51,52)/t39-,40?,41+,49+/m0/s1. The summed E-state index contributed by atoms with van der Waals surface area (Å²) in [5.41, 5.74) is 6.64. The zero-order valence-corrected chi connectivity index (χ0v) is 39.9. The fourth-order valence-electron chi connectivity index (χ4n) is 8.03. The van der Waals surface area contributed by atoms with E-state index >= 15 is 0 Å². The topological polar surface area (TPSA) is 214 Å². The minimum atomic E-state index is -0.988. The van der Waals surface area contributed by atoms with Gasteiger partial charge in [0.1, 0.15) is 25.1 Å². The molecule has 0 spiro atoms. The number of nitrogens with zero attached hydrogens (tertiary/aromatic N) is 4. The van der Waals surface area contributed by atoms with Crippen molar-refractivity contribution >= 4 is 40.9 Å². The number of unbranched alkanes of at least 4 members (excludes halogenated alkanes) is 24. The number of aliphatic hydroxyl groups excluding tert-OH is 1. The highest BCUT2D eigenvalue weighted by Crippen LogP contribution is 2.34. The van der Waals surface area contributed by atoms with Crippen LogP contribution in [0.1, 0.15) is 219 Å². The van der Waals surface area contributed by atoms with Gasteiger partial charge in [0.05, 0.1) is 31.9 Å². The molecule has 3 heterocycles. The monoisotopic (exact) mass is 918 g/mol. The van der Waals surface area contributed by atoms with Gasteiger partial charge >= 0.3 is 23.9 Å². The lowest BCUT2D eigenvalue weighted by Crippen LogP contribution is -2.31. The van der Waals surface area contributed by atoms with Gasteiger partial charge in [0.2, 0.25) is 0 Å². The Morgan fingerprint density at radius 1 is 0.646 bits per heavy atom. The molecule has 0 amide bonds. The Labute approximate surface area is 388 Å². The van der Waals surface area contributed by atoms with Gasteiger partial charge in [-0.1, -0.05) is 168 Å². The summed E-state index contributed by atoms with van der Waals surface area (Å²) in [7, 11) is 0. The van der Waals surface area contributed by atoms with E-state index in [0.717, 1.165) is 44.9 Å². The van der Waals surface area contributed by atoms with Crippen molar-refractivity contribution in [2.24, 2.45) is 0 Å². The van der Waals surface area contributed by atoms with Crippen molar-refractivity contribution in [2.75, 3.05) is 25.6 Å². The van der Waals surface area contributed by atoms with Gasteiger partial charge in [0.25, 0.3) is 0 Å². The Bertz CT molecular complexity index is 1590. The second-order valence-corrected chi connectivity index (χ2v) is 17.7. The number of fused-ring (bicyclic) bond motifs is 1. The van der Waals surface area contributed by atoms with Crippen LogP contribution >= 0.6 is 0 Å². The SMILES string of the molecule is CCCCCCCCCCCCCCCC(=O)OCC(COC(=O)CCC(=O)OO[C@@H]1C[C@@H](CO)O[C@H]1n1cnc2c(N)ncnc21)OC(=O)CCCCCCCCCCCCCCC. The first-order valence-corrected chi connectivity index (χ1v) is 25.3. The number of hydrogen-bond donors (Lipinski definition) is 2. The van der Waals surface area contributed by atoms with Gasteiger partial charge in [0.15, 0.2) is 29.9 Å². The molecule has 4 atom stereocenters. The van der Waals surface area contributed by atoms with Crippen LogP contribution in [-0.2, 0) is 47.9 Å². The number of nitrogen functional groups attached to an aromatic ring is 1. The first-order chi connectivity index (χ1) is 31.7. The van der Waals surface area contributed by atoms with E-state index in [1.807, 2.05) is 0 Å². The molecule has 2 aromatic heterocycles. The highest BCUT2D eigenvalue weighted by molar-refractivity contribution is 5.81. The fraction of sp³-hybridized carbons (Fsp3) is 0.816. The van der Waals surface area contributed by atoms with Crippen LogP contribution in [0.5, 0.6) is 0 Å². The van der Waals surface area contributed by atoms with E-state index in [0.29, 0.717) is 17.6 Å². The van der Waals surface area contributed by atoms with Crippen molar-refractivity contribution in [2.45, 2.75) is 237 Å². The van der Waals surface area contributed by atoms with E-state index in [9.17, 15) is 24.3 Å². The Balaban J connectivity index is 1.37. The van der Waals surface area contributed by atoms with Gasteiger partial charge in [-0.15, -0.1) is 0 Å². The van der Waals surface area contributed by atoms with Crippen LogP contribution in [0, 0.1) is 0 Å². The molecule has 0 aromatic carbocycles. The van der Waals surface area contributed by atoms with Crippen molar-refractivity contribution in [1.82, 2.24) is 19.5 Å². The minimum absolute atomic E-state index is 0.178. The van der Waals surface area contributed by atoms with E-state index in [1.165, 1.54) is 128 Å². The molecule has 0 radical (unpaired) electrons. The molecular formula is C49H83N5O11. The number of anilines is 1. The molecule has 370 valence electrons. The lowest BCUT2D eigenvalue weighted by atomic mass is 10.0. The third-order valence-electron chi connectivity index (χ3n) is 11.9. The molecule has 0 bridgehead atoms. The smallest absolute Gasteiger partial charge is 0.342 e. The molecule has 1 aliphatic heterocycles. The maximum absolute atomic E-state index is 12.8. The molecule has 1 saturated heterocycles. The predicted octanol–water partition coefficient (Wildman–Crippen LogP) is 10.3. The summed E-state index contributed by atoms with van der Waals surface area (Å²) in [4.78, 5) is 73.7. The molecule has 16 heteroatoms. The highest BCUT2D eigenvalue weighted by atomic mass is 17.2. The van der Waals surface area contributed by atoms with Crippen molar-refractivity contribution < 1.29 is 53.0 Å². The summed E-state index contributed by atoms with van der Waals surface area (Å²) in [5, 5.41) is 9.74. The Morgan fingerprint density at radius 2 is 1.11 bits per heavy atom. The molecule has 2 aromatic rings. The molecule has 1 aliphatic rings. The number of hydrogen-bond acceptors (Lipinski definition) is 15. The highest BCUT2D eigenvalue weighted by Gasteiger charge is 2.40. The summed E-state index contributed by atoms with van der Waals surface area (Å²) >= 11 is 0. The predicted molar refractivity (Wildman–Crippen MR) is 248 cm³/mol. The number of carbonyl (C=O) groups is 4. The molecular weight excluding hydrogens is 835 g/mol. The number of aromatic nitrogens is 4. The van der Waals surface area contributed by atoms with Crippen LogP contribution in [0.2, 0.25) is 0 Å². The van der Waals surface area contributed by atoms with Crippen LogP contribution in [0.15, 0.2) is 12.7 Å². The van der Waals surface area contributed by atoms with Gasteiger partial charge < -0.3 is 29.8 Å². The third-order valence-corrected chi connectivity index (χ3v) is 11.9. The van der Waals surface area contributed by atoms with Crippen LogP contribution in [0.3, 0.4) is 0 Å². The van der Waals surface area contributed by atoms with Gasteiger partial charge in [-0.05, 0) is 12.8 Å². The average Bonchev–Trinajstić information content (AvgIpc) is 3.93. The molecule has 1 unspecified atom stereocenters. The van der Waals surface area contributed by atoms with Crippen molar-refractivity contribution in [3.8, 4) is 0 Å². The fourth-order valence-corrected chi connectivity index (χ4v) is 8.03. The zero-order chi connectivity index (χ0) is 46.7. The maximum Gasteiger partial charge on any atom is 0.342 e. The molecule has 16 nitrogen and oxygen atoms in total. The van der Waals surface area contributed by atoms with Crippen LogP contribution in [0.25, 0.3) is 11.2 Å². The van der Waals surface area contributed by atoms with Gasteiger partial charge in [-0.2, -0.15) is 4.89 Å². The van der Waals surface area contributed by atoms with Crippen molar-refractivity contribution in [3.05, 3.63) is 12.7 Å². The van der Waals surface area contributed by atoms with Crippen LogP contribution in [0.4, 0.5) is 5.82 Å². The second-order valence-electron chi connectivity index (χ2n) is 17.7. The molecule has 0 saturated carbocycles. The summed E-state index contributed by atoms with van der Waals surface area (Å²) in [6.07, 6.45) is 30.6. The van der Waals surface area contributed by atoms with Gasteiger partial charge in [-0.3, -0.25) is 23.8 Å². The Hall–Kier alpha value is -3.89. The second kappa shape index (κ2) is 35.3. The maximum atomic E-state index is 12.8. The first-order valence-electron chi connectivity index (χ1n) is 25.3. The third kappa shape index (κ3) is 24.5. The van der Waals surface area contributed by atoms with Gasteiger partial charge in [0, 0.05) is 19.3 Å². The summed E-state index contributed by atoms with van der Waals surface area (Å²) in [5.74, 6) is -2.23. The van der Waals surface area contributed by atoms with Gasteiger partial charge in [-0.25, -0.2) is 19.7 Å². The van der Waals surface area contributed by atoms with E-state index in [2.05, 4.69) is 28.8 Å². The molecule has 3 rings (SSSR count). The van der Waals surface area contributed by atoms with Crippen molar-refractivity contribution in [1.29, 1.82) is 0 Å². The van der Waals surface area contributed by atoms with E-state index in [1.54, 1.807) is 4.57 Å². The lowest BCUT2D eigenvalue weighted by Gasteiger charge is -2.19. The quantitative estimate of drug-likeness (QED) is 0.0209.